The number of nitro benzene ring substituents is 1. The molecule has 2 heterocycles. The summed E-state index contributed by atoms with van der Waals surface area (Å²) in [4.78, 5) is 26.9. The van der Waals surface area contributed by atoms with Crippen LogP contribution in [0.5, 0.6) is 0 Å². The van der Waals surface area contributed by atoms with Crippen molar-refractivity contribution in [3.63, 3.8) is 0 Å². The second-order valence-corrected chi connectivity index (χ2v) is 7.20. The van der Waals surface area contributed by atoms with Crippen LogP contribution in [0.25, 0.3) is 0 Å². The van der Waals surface area contributed by atoms with E-state index in [4.69, 9.17) is 11.6 Å². The molecule has 3 rings (SSSR count). The summed E-state index contributed by atoms with van der Waals surface area (Å²) in [5, 5.41) is 23.5. The lowest BCUT2D eigenvalue weighted by atomic mass is 10.2. The normalized spacial score (nSPS) is 14.4. The molecule has 0 spiro atoms. The minimum atomic E-state index is -0.437. The zero-order valence-electron chi connectivity index (χ0n) is 14.6. The fourth-order valence-electron chi connectivity index (χ4n) is 2.82. The molecule has 2 aromatic rings. The molecule has 0 radical (unpaired) electrons. The number of hydrogen-bond acceptors (Lipinski definition) is 8. The molecule has 1 aliphatic heterocycles. The molecule has 12 heteroatoms. The van der Waals surface area contributed by atoms with Crippen molar-refractivity contribution < 1.29 is 9.72 Å². The minimum Gasteiger partial charge on any atom is -0.362 e. The Kier molecular flexibility index (Phi) is 6.11. The van der Waals surface area contributed by atoms with Crippen LogP contribution in [0.2, 0.25) is 5.02 Å². The maximum atomic E-state index is 12.4. The first-order chi connectivity index (χ1) is 13.0. The van der Waals surface area contributed by atoms with Gasteiger partial charge in [-0.15, -0.1) is 5.10 Å². The number of halogens is 1. The van der Waals surface area contributed by atoms with E-state index in [2.05, 4.69) is 15.5 Å². The number of benzene rings is 1. The van der Waals surface area contributed by atoms with Gasteiger partial charge in [-0.2, -0.15) is 0 Å². The molecule has 1 amide bonds. The Balaban J connectivity index is 1.57. The van der Waals surface area contributed by atoms with Crippen molar-refractivity contribution in [1.29, 1.82) is 0 Å². The number of tetrazole rings is 1. The van der Waals surface area contributed by atoms with E-state index in [1.54, 1.807) is 21.7 Å². The summed E-state index contributed by atoms with van der Waals surface area (Å²) < 4.78 is 1.63. The standard InChI is InChI=1S/C15H18ClN7O3S/c1-2-22-15(17-18-19-22)27-10-14(24)21-7-5-20(6-8-21)12-4-3-11(16)9-13(12)23(25)26/h3-4,9H,2,5-8,10H2,1H3. The van der Waals surface area contributed by atoms with Gasteiger partial charge in [0.1, 0.15) is 5.69 Å². The van der Waals surface area contributed by atoms with Gasteiger partial charge >= 0.3 is 0 Å². The Morgan fingerprint density at radius 1 is 1.33 bits per heavy atom. The Bertz CT molecular complexity index is 839. The van der Waals surface area contributed by atoms with Crippen LogP contribution in [0.15, 0.2) is 23.4 Å². The first-order valence-electron chi connectivity index (χ1n) is 8.35. The molecule has 0 bridgehead atoms. The Morgan fingerprint density at radius 3 is 2.74 bits per heavy atom. The molecule has 0 aliphatic carbocycles. The van der Waals surface area contributed by atoms with Gasteiger partial charge in [0.15, 0.2) is 0 Å². The van der Waals surface area contributed by atoms with Crippen molar-refractivity contribution in [2.75, 3.05) is 36.8 Å². The van der Waals surface area contributed by atoms with E-state index in [-0.39, 0.29) is 17.3 Å². The van der Waals surface area contributed by atoms with E-state index in [1.165, 1.54) is 17.8 Å². The van der Waals surface area contributed by atoms with Crippen LogP contribution in [-0.4, -0.2) is 67.9 Å². The fraction of sp³-hybridized carbons (Fsp3) is 0.467. The van der Waals surface area contributed by atoms with Crippen LogP contribution in [0.3, 0.4) is 0 Å². The summed E-state index contributed by atoms with van der Waals surface area (Å²) in [6.45, 7) is 4.60. The molecule has 1 aromatic carbocycles. The smallest absolute Gasteiger partial charge is 0.294 e. The number of carbonyl (C=O) groups is 1. The van der Waals surface area contributed by atoms with Crippen LogP contribution >= 0.6 is 23.4 Å². The lowest BCUT2D eigenvalue weighted by molar-refractivity contribution is -0.384. The highest BCUT2D eigenvalue weighted by Crippen LogP contribution is 2.31. The first kappa shape index (κ1) is 19.4. The molecule has 0 atom stereocenters. The lowest BCUT2D eigenvalue weighted by Crippen LogP contribution is -2.49. The van der Waals surface area contributed by atoms with E-state index in [0.717, 1.165) is 0 Å². The van der Waals surface area contributed by atoms with E-state index < -0.39 is 4.92 Å². The van der Waals surface area contributed by atoms with Crippen molar-refractivity contribution >= 4 is 40.6 Å². The van der Waals surface area contributed by atoms with E-state index in [9.17, 15) is 14.9 Å². The highest BCUT2D eigenvalue weighted by atomic mass is 35.5. The third kappa shape index (κ3) is 4.48. The Labute approximate surface area is 164 Å². The molecule has 0 unspecified atom stereocenters. The summed E-state index contributed by atoms with van der Waals surface area (Å²) >= 11 is 7.17. The molecule has 1 aliphatic rings. The maximum Gasteiger partial charge on any atom is 0.294 e. The predicted molar refractivity (Wildman–Crippen MR) is 101 cm³/mol. The number of anilines is 1. The zero-order valence-corrected chi connectivity index (χ0v) is 16.2. The molecule has 144 valence electrons. The molecule has 27 heavy (non-hydrogen) atoms. The lowest BCUT2D eigenvalue weighted by Gasteiger charge is -2.35. The van der Waals surface area contributed by atoms with Crippen molar-refractivity contribution in [2.45, 2.75) is 18.6 Å². The number of hydrogen-bond donors (Lipinski definition) is 0. The van der Waals surface area contributed by atoms with Crippen molar-refractivity contribution in [3.05, 3.63) is 33.3 Å². The quantitative estimate of drug-likeness (QED) is 0.401. The number of carbonyl (C=O) groups excluding carboxylic acids is 1. The average molecular weight is 412 g/mol. The molecule has 1 aromatic heterocycles. The van der Waals surface area contributed by atoms with Crippen LogP contribution < -0.4 is 4.90 Å². The molecule has 1 saturated heterocycles. The van der Waals surface area contributed by atoms with Gasteiger partial charge in [-0.25, -0.2) is 4.68 Å². The van der Waals surface area contributed by atoms with Gasteiger partial charge in [-0.05, 0) is 29.5 Å². The van der Waals surface area contributed by atoms with Gasteiger partial charge in [0, 0.05) is 43.8 Å². The largest absolute Gasteiger partial charge is 0.362 e. The molecular formula is C15H18ClN7O3S. The summed E-state index contributed by atoms with van der Waals surface area (Å²) in [7, 11) is 0. The van der Waals surface area contributed by atoms with Crippen molar-refractivity contribution in [3.8, 4) is 0 Å². The van der Waals surface area contributed by atoms with E-state index >= 15 is 0 Å². The number of aryl methyl sites for hydroxylation is 1. The van der Waals surface area contributed by atoms with Gasteiger partial charge < -0.3 is 9.80 Å². The number of thioether (sulfide) groups is 1. The second-order valence-electron chi connectivity index (χ2n) is 5.82. The minimum absolute atomic E-state index is 0.00379. The number of aromatic nitrogens is 4. The zero-order chi connectivity index (χ0) is 19.4. The van der Waals surface area contributed by atoms with Gasteiger partial charge in [-0.1, -0.05) is 23.4 Å². The van der Waals surface area contributed by atoms with Gasteiger partial charge in [0.2, 0.25) is 11.1 Å². The molecule has 0 saturated carbocycles. The fourth-order valence-corrected chi connectivity index (χ4v) is 3.83. The second kappa shape index (κ2) is 8.53. The number of amides is 1. The summed E-state index contributed by atoms with van der Waals surface area (Å²) in [5.41, 5.74) is 0.497. The Morgan fingerprint density at radius 2 is 2.07 bits per heavy atom. The van der Waals surface area contributed by atoms with Crippen LogP contribution in [0.1, 0.15) is 6.92 Å². The Hall–Kier alpha value is -2.40. The topological polar surface area (TPSA) is 110 Å². The monoisotopic (exact) mass is 411 g/mol. The van der Waals surface area contributed by atoms with Crippen molar-refractivity contribution in [2.24, 2.45) is 0 Å². The van der Waals surface area contributed by atoms with Crippen LogP contribution in [-0.2, 0) is 11.3 Å². The molecule has 10 nitrogen and oxygen atoms in total. The highest BCUT2D eigenvalue weighted by Gasteiger charge is 2.26. The van der Waals surface area contributed by atoms with Crippen LogP contribution in [0, 0.1) is 10.1 Å². The first-order valence-corrected chi connectivity index (χ1v) is 9.71. The molecular weight excluding hydrogens is 394 g/mol. The molecule has 0 N–H and O–H groups in total. The van der Waals surface area contributed by atoms with Crippen molar-refractivity contribution in [1.82, 2.24) is 25.1 Å². The third-order valence-corrected chi connectivity index (χ3v) is 5.41. The predicted octanol–water partition coefficient (Wildman–Crippen LogP) is 1.70. The van der Waals surface area contributed by atoms with Gasteiger partial charge in [-0.3, -0.25) is 14.9 Å². The number of rotatable bonds is 6. The third-order valence-electron chi connectivity index (χ3n) is 4.23. The molecule has 1 fully saturated rings. The van der Waals surface area contributed by atoms with Gasteiger partial charge in [0.25, 0.3) is 5.69 Å². The summed E-state index contributed by atoms with van der Waals surface area (Å²) in [6, 6.07) is 4.64. The highest BCUT2D eigenvalue weighted by molar-refractivity contribution is 7.99. The number of nitro groups is 1. The summed E-state index contributed by atoms with van der Waals surface area (Å²) in [5.74, 6) is 0.248. The van der Waals surface area contributed by atoms with E-state index in [1.807, 2.05) is 11.8 Å². The average Bonchev–Trinajstić information content (AvgIpc) is 3.13. The number of nitrogens with zero attached hydrogens (tertiary/aromatic N) is 7. The van der Waals surface area contributed by atoms with E-state index in [0.29, 0.717) is 48.6 Å². The number of piperazine rings is 1. The maximum absolute atomic E-state index is 12.4. The van der Waals surface area contributed by atoms with Gasteiger partial charge in [0.05, 0.1) is 10.7 Å². The van der Waals surface area contributed by atoms with Crippen LogP contribution in [0.4, 0.5) is 11.4 Å². The SMILES string of the molecule is CCn1nnnc1SCC(=O)N1CCN(c2ccc(Cl)cc2[N+](=O)[O-])CC1. The summed E-state index contributed by atoms with van der Waals surface area (Å²) in [6.07, 6.45) is 0.